The van der Waals surface area contributed by atoms with Crippen LogP contribution in [0.15, 0.2) is 23.1 Å². The van der Waals surface area contributed by atoms with Crippen molar-refractivity contribution in [1.29, 1.82) is 0 Å². The quantitative estimate of drug-likeness (QED) is 0.670. The van der Waals surface area contributed by atoms with Gasteiger partial charge in [-0.15, -0.1) is 4.83 Å². The van der Waals surface area contributed by atoms with Crippen LogP contribution in [0.3, 0.4) is 0 Å². The average molecular weight is 404 g/mol. The molecule has 1 aliphatic heterocycles. The number of aryl methyl sites for hydroxylation is 1. The van der Waals surface area contributed by atoms with Crippen LogP contribution in [0.4, 0.5) is 5.69 Å². The molecule has 3 N–H and O–H groups in total. The second kappa shape index (κ2) is 6.29. The van der Waals surface area contributed by atoms with Gasteiger partial charge in [-0.25, -0.2) is 8.42 Å². The first-order valence-electron chi connectivity index (χ1n) is 10.1. The average Bonchev–Trinajstić information content (AvgIpc) is 2.64. The van der Waals surface area contributed by atoms with E-state index in [1.165, 1.54) is 25.3 Å². The van der Waals surface area contributed by atoms with Crippen molar-refractivity contribution in [3.05, 3.63) is 23.8 Å². The Morgan fingerprint density at radius 3 is 2.32 bits per heavy atom. The van der Waals surface area contributed by atoms with Crippen molar-refractivity contribution in [2.45, 2.75) is 56.3 Å². The van der Waals surface area contributed by atoms with Crippen LogP contribution in [0, 0.1) is 23.2 Å². The Morgan fingerprint density at radius 2 is 1.68 bits per heavy atom. The molecule has 150 valence electrons. The van der Waals surface area contributed by atoms with Gasteiger partial charge in [0.25, 0.3) is 10.0 Å². The number of hydrogen-bond acceptors (Lipinski definition) is 4. The van der Waals surface area contributed by atoms with E-state index in [0.717, 1.165) is 24.8 Å². The number of sulfonamides is 1. The van der Waals surface area contributed by atoms with E-state index in [2.05, 4.69) is 15.6 Å². The monoisotopic (exact) mass is 403 g/mol. The molecule has 0 spiro atoms. The largest absolute Gasteiger partial charge is 0.326 e. The minimum atomic E-state index is -3.87. The van der Waals surface area contributed by atoms with Gasteiger partial charge in [0.1, 0.15) is 0 Å². The maximum absolute atomic E-state index is 13.0. The first kappa shape index (κ1) is 18.1. The van der Waals surface area contributed by atoms with Crippen LogP contribution in [-0.2, 0) is 26.0 Å². The molecule has 2 amide bonds. The molecule has 0 unspecified atom stereocenters. The van der Waals surface area contributed by atoms with Gasteiger partial charge in [-0.2, -0.15) is 0 Å². The maximum atomic E-state index is 13.0. The minimum Gasteiger partial charge on any atom is -0.326 e. The predicted molar refractivity (Wildman–Crippen MR) is 102 cm³/mol. The predicted octanol–water partition coefficient (Wildman–Crippen LogP) is 2.10. The fourth-order valence-electron chi connectivity index (χ4n) is 6.22. The van der Waals surface area contributed by atoms with Crippen LogP contribution in [0.25, 0.3) is 0 Å². The summed E-state index contributed by atoms with van der Waals surface area (Å²) >= 11 is 0. The van der Waals surface area contributed by atoms with Gasteiger partial charge >= 0.3 is 0 Å². The number of fused-ring (bicyclic) bond motifs is 1. The Morgan fingerprint density at radius 1 is 1.04 bits per heavy atom. The summed E-state index contributed by atoms with van der Waals surface area (Å²) in [7, 11) is -3.87. The number of anilines is 1. The zero-order chi connectivity index (χ0) is 19.5. The van der Waals surface area contributed by atoms with Crippen LogP contribution in [0.2, 0.25) is 0 Å². The number of nitrogens with one attached hydrogen (secondary N) is 3. The molecule has 6 rings (SSSR count). The van der Waals surface area contributed by atoms with Crippen molar-refractivity contribution in [3.63, 3.8) is 0 Å². The number of carbonyl (C=O) groups is 2. The van der Waals surface area contributed by atoms with E-state index in [-0.39, 0.29) is 16.7 Å². The van der Waals surface area contributed by atoms with E-state index in [0.29, 0.717) is 36.3 Å². The molecule has 7 nitrogen and oxygen atoms in total. The summed E-state index contributed by atoms with van der Waals surface area (Å²) in [6, 6.07) is 4.61. The van der Waals surface area contributed by atoms with E-state index in [9.17, 15) is 18.0 Å². The Bertz CT molecular complexity index is 921. The normalized spacial score (nSPS) is 33.3. The third-order valence-corrected chi connectivity index (χ3v) is 8.35. The van der Waals surface area contributed by atoms with E-state index >= 15 is 0 Å². The lowest BCUT2D eigenvalue weighted by Gasteiger charge is -2.55. The second-order valence-electron chi connectivity index (χ2n) is 9.12. The zero-order valence-electron chi connectivity index (χ0n) is 15.7. The molecule has 28 heavy (non-hydrogen) atoms. The summed E-state index contributed by atoms with van der Waals surface area (Å²) < 4.78 is 25.4. The van der Waals surface area contributed by atoms with Crippen molar-refractivity contribution in [3.8, 4) is 0 Å². The van der Waals surface area contributed by atoms with Crippen molar-refractivity contribution in [2.75, 3.05) is 5.32 Å². The zero-order valence-corrected chi connectivity index (χ0v) is 16.5. The SMILES string of the molecule is O=C1CCc2cc(S(=O)(=O)NNC(=O)C34CC5CC(CC(C5)C3)C4)ccc2N1. The van der Waals surface area contributed by atoms with Crippen LogP contribution >= 0.6 is 0 Å². The highest BCUT2D eigenvalue weighted by Crippen LogP contribution is 2.60. The van der Waals surface area contributed by atoms with Crippen molar-refractivity contribution < 1.29 is 18.0 Å². The Kier molecular flexibility index (Phi) is 4.07. The molecule has 5 aliphatic rings. The Labute approximate surface area is 164 Å². The van der Waals surface area contributed by atoms with Gasteiger partial charge in [0.05, 0.1) is 10.3 Å². The molecule has 0 aromatic heterocycles. The van der Waals surface area contributed by atoms with Gasteiger partial charge in [-0.05, 0) is 86.5 Å². The summed E-state index contributed by atoms with van der Waals surface area (Å²) in [5, 5.41) is 2.74. The highest BCUT2D eigenvalue weighted by molar-refractivity contribution is 7.89. The molecule has 0 saturated heterocycles. The molecule has 1 aromatic rings. The Hall–Kier alpha value is -1.93. The van der Waals surface area contributed by atoms with Crippen LogP contribution in [-0.4, -0.2) is 20.2 Å². The van der Waals surface area contributed by atoms with Crippen LogP contribution < -0.4 is 15.6 Å². The molecule has 1 aromatic carbocycles. The highest BCUT2D eigenvalue weighted by Gasteiger charge is 2.54. The third kappa shape index (κ3) is 3.03. The molecule has 1 heterocycles. The van der Waals surface area contributed by atoms with E-state index in [1.807, 2.05) is 0 Å². The van der Waals surface area contributed by atoms with Gasteiger partial charge in [0, 0.05) is 12.1 Å². The fraction of sp³-hybridized carbons (Fsp3) is 0.600. The summed E-state index contributed by atoms with van der Waals surface area (Å²) in [6.45, 7) is 0. The standard InChI is InChI=1S/C20H25N3O4S/c24-18-4-1-15-8-16(2-3-17(15)21-18)28(26,27)23-22-19(25)20-9-12-5-13(10-20)7-14(6-12)11-20/h2-3,8,12-14,23H,1,4-7,9-11H2,(H,21,24)(H,22,25). The lowest BCUT2D eigenvalue weighted by molar-refractivity contribution is -0.146. The first-order valence-corrected chi connectivity index (χ1v) is 11.6. The van der Waals surface area contributed by atoms with E-state index in [1.54, 1.807) is 12.1 Å². The molecule has 8 heteroatoms. The molecule has 4 fully saturated rings. The number of carbonyl (C=O) groups excluding carboxylic acids is 2. The summed E-state index contributed by atoms with van der Waals surface area (Å²) in [5.41, 5.74) is 3.55. The lowest BCUT2D eigenvalue weighted by Crippen LogP contribution is -2.56. The van der Waals surface area contributed by atoms with Gasteiger partial charge in [-0.1, -0.05) is 0 Å². The van der Waals surface area contributed by atoms with Gasteiger partial charge in [-0.3, -0.25) is 15.0 Å². The van der Waals surface area contributed by atoms with Crippen molar-refractivity contribution >= 4 is 27.5 Å². The number of amides is 2. The number of benzene rings is 1. The van der Waals surface area contributed by atoms with Crippen LogP contribution in [0.1, 0.15) is 50.5 Å². The molecular formula is C20H25N3O4S. The summed E-state index contributed by atoms with van der Waals surface area (Å²) in [5.74, 6) is 1.60. The second-order valence-corrected chi connectivity index (χ2v) is 10.8. The smallest absolute Gasteiger partial charge is 0.257 e. The highest BCUT2D eigenvalue weighted by atomic mass is 32.2. The fourth-order valence-corrected chi connectivity index (χ4v) is 7.11. The number of hydrazine groups is 1. The number of hydrogen-bond donors (Lipinski definition) is 3. The topological polar surface area (TPSA) is 104 Å². The minimum absolute atomic E-state index is 0.0657. The van der Waals surface area contributed by atoms with Gasteiger partial charge in [0.15, 0.2) is 0 Å². The summed E-state index contributed by atoms with van der Waals surface area (Å²) in [6.07, 6.45) is 7.16. The van der Waals surface area contributed by atoms with E-state index < -0.39 is 15.4 Å². The molecular weight excluding hydrogens is 378 g/mol. The molecule has 0 radical (unpaired) electrons. The Balaban J connectivity index is 1.30. The molecule has 4 saturated carbocycles. The van der Waals surface area contributed by atoms with Crippen LogP contribution in [0.5, 0.6) is 0 Å². The molecule has 4 bridgehead atoms. The lowest BCUT2D eigenvalue weighted by atomic mass is 9.49. The van der Waals surface area contributed by atoms with Crippen molar-refractivity contribution in [2.24, 2.45) is 23.2 Å². The van der Waals surface area contributed by atoms with Crippen molar-refractivity contribution in [1.82, 2.24) is 10.3 Å². The maximum Gasteiger partial charge on any atom is 0.257 e. The van der Waals surface area contributed by atoms with Gasteiger partial charge in [0.2, 0.25) is 11.8 Å². The molecule has 4 aliphatic carbocycles. The van der Waals surface area contributed by atoms with E-state index in [4.69, 9.17) is 0 Å². The third-order valence-electron chi connectivity index (χ3n) is 7.10. The first-order chi connectivity index (χ1) is 13.3. The number of rotatable bonds is 4. The molecule has 0 atom stereocenters. The summed E-state index contributed by atoms with van der Waals surface area (Å²) in [4.78, 5) is 26.8. The van der Waals surface area contributed by atoms with Gasteiger partial charge < -0.3 is 5.32 Å².